The quantitative estimate of drug-likeness (QED) is 0.754. The van der Waals surface area contributed by atoms with Crippen LogP contribution in [0, 0.1) is 5.92 Å². The summed E-state index contributed by atoms with van der Waals surface area (Å²) < 4.78 is 0. The van der Waals surface area contributed by atoms with Gasteiger partial charge < -0.3 is 10.6 Å². The lowest BCUT2D eigenvalue weighted by molar-refractivity contribution is -0.123. The molecule has 19 heavy (non-hydrogen) atoms. The van der Waals surface area contributed by atoms with Crippen LogP contribution in [0.5, 0.6) is 0 Å². The minimum Gasteiger partial charge on any atom is -0.355 e. The van der Waals surface area contributed by atoms with Gasteiger partial charge in [0.15, 0.2) is 0 Å². The molecular weight excluding hydrogens is 260 g/mol. The minimum absolute atomic E-state index is 0.0400. The van der Waals surface area contributed by atoms with Gasteiger partial charge in [-0.25, -0.2) is 0 Å². The van der Waals surface area contributed by atoms with Crippen LogP contribution in [0.3, 0.4) is 0 Å². The van der Waals surface area contributed by atoms with Gasteiger partial charge in [-0.15, -0.1) is 0 Å². The van der Waals surface area contributed by atoms with Gasteiger partial charge in [-0.3, -0.25) is 4.79 Å². The molecule has 2 N–H and O–H groups in total. The Morgan fingerprint density at radius 1 is 1.21 bits per heavy atom. The van der Waals surface area contributed by atoms with Gasteiger partial charge in [-0.2, -0.15) is 0 Å². The second-order valence-corrected chi connectivity index (χ2v) is 5.35. The Hall–Kier alpha value is -1.06. The van der Waals surface area contributed by atoms with Gasteiger partial charge in [-0.1, -0.05) is 44.5 Å². The van der Waals surface area contributed by atoms with Crippen LogP contribution in [0.4, 0.5) is 0 Å². The van der Waals surface area contributed by atoms with Crippen LogP contribution in [-0.2, 0) is 4.79 Å². The van der Waals surface area contributed by atoms with E-state index in [4.69, 9.17) is 11.6 Å². The summed E-state index contributed by atoms with van der Waals surface area (Å²) in [6, 6.07) is 8.18. The summed E-state index contributed by atoms with van der Waals surface area (Å²) in [6.07, 6.45) is 1.000. The van der Waals surface area contributed by atoms with Crippen molar-refractivity contribution in [2.45, 2.75) is 33.2 Å². The molecule has 1 aromatic carbocycles. The number of amides is 1. The molecule has 0 aliphatic rings. The van der Waals surface area contributed by atoms with Crippen LogP contribution in [0.1, 0.15) is 38.8 Å². The van der Waals surface area contributed by atoms with E-state index in [1.165, 1.54) is 5.56 Å². The van der Waals surface area contributed by atoms with Crippen LogP contribution < -0.4 is 10.6 Å². The number of nitrogens with one attached hydrogen (secondary N) is 2. The highest BCUT2D eigenvalue weighted by molar-refractivity contribution is 6.30. The van der Waals surface area contributed by atoms with Gasteiger partial charge >= 0.3 is 0 Å². The zero-order valence-electron chi connectivity index (χ0n) is 11.9. The van der Waals surface area contributed by atoms with E-state index in [1.807, 2.05) is 38.1 Å². The standard InChI is InChI=1S/C15H23ClN2O/c1-4-14(12-5-7-13(16)8-6-12)17-9-10-18-15(19)11(2)3/h5-8,11,14,17H,4,9-10H2,1-3H3,(H,18,19). The maximum atomic E-state index is 11.4. The van der Waals surface area contributed by atoms with Gasteiger partial charge in [0.2, 0.25) is 5.91 Å². The third-order valence-electron chi connectivity index (χ3n) is 3.02. The van der Waals surface area contributed by atoms with Crippen molar-refractivity contribution >= 4 is 17.5 Å². The molecule has 0 aromatic heterocycles. The molecule has 106 valence electrons. The summed E-state index contributed by atoms with van der Waals surface area (Å²) in [4.78, 5) is 11.4. The molecule has 0 fully saturated rings. The molecule has 4 heteroatoms. The molecule has 0 radical (unpaired) electrons. The molecule has 0 spiro atoms. The molecule has 3 nitrogen and oxygen atoms in total. The average Bonchev–Trinajstić information content (AvgIpc) is 2.40. The van der Waals surface area contributed by atoms with E-state index in [0.29, 0.717) is 12.6 Å². The van der Waals surface area contributed by atoms with E-state index in [2.05, 4.69) is 17.6 Å². The normalized spacial score (nSPS) is 12.5. The molecule has 0 aliphatic carbocycles. The zero-order chi connectivity index (χ0) is 14.3. The Balaban J connectivity index is 2.37. The average molecular weight is 283 g/mol. The Kier molecular flexibility index (Phi) is 6.89. The Morgan fingerprint density at radius 3 is 2.37 bits per heavy atom. The van der Waals surface area contributed by atoms with Crippen LogP contribution in [0.15, 0.2) is 24.3 Å². The summed E-state index contributed by atoms with van der Waals surface area (Å²) in [7, 11) is 0. The van der Waals surface area contributed by atoms with E-state index in [0.717, 1.165) is 18.0 Å². The highest BCUT2D eigenvalue weighted by Gasteiger charge is 2.09. The second kappa shape index (κ2) is 8.18. The van der Waals surface area contributed by atoms with Gasteiger partial charge in [0.1, 0.15) is 0 Å². The maximum absolute atomic E-state index is 11.4. The number of hydrogen-bond acceptors (Lipinski definition) is 2. The predicted octanol–water partition coefficient (Wildman–Crippen LogP) is 3.15. The number of hydrogen-bond donors (Lipinski definition) is 2. The number of halogens is 1. The number of carbonyl (C=O) groups is 1. The van der Waals surface area contributed by atoms with Crippen LogP contribution in [0.2, 0.25) is 5.02 Å². The van der Waals surface area contributed by atoms with Crippen molar-refractivity contribution in [2.24, 2.45) is 5.92 Å². The Labute approximate surface area is 120 Å². The van der Waals surface area contributed by atoms with E-state index >= 15 is 0 Å². The third-order valence-corrected chi connectivity index (χ3v) is 3.27. The first-order valence-corrected chi connectivity index (χ1v) is 7.19. The lowest BCUT2D eigenvalue weighted by atomic mass is 10.0. The highest BCUT2D eigenvalue weighted by Crippen LogP contribution is 2.18. The summed E-state index contributed by atoms with van der Waals surface area (Å²) in [5, 5.41) is 7.09. The molecule has 1 rings (SSSR count). The first kappa shape index (κ1) is 16.0. The fourth-order valence-corrected chi connectivity index (χ4v) is 1.96. The van der Waals surface area contributed by atoms with Crippen molar-refractivity contribution in [3.8, 4) is 0 Å². The van der Waals surface area contributed by atoms with Crippen LogP contribution in [-0.4, -0.2) is 19.0 Å². The molecule has 0 saturated heterocycles. The van der Waals surface area contributed by atoms with Crippen molar-refractivity contribution in [1.29, 1.82) is 0 Å². The Bertz CT molecular complexity index is 390. The van der Waals surface area contributed by atoms with Gasteiger partial charge in [0.25, 0.3) is 0 Å². The fraction of sp³-hybridized carbons (Fsp3) is 0.533. The lowest BCUT2D eigenvalue weighted by Crippen LogP contribution is -2.35. The summed E-state index contributed by atoms with van der Waals surface area (Å²) in [6.45, 7) is 7.34. The predicted molar refractivity (Wildman–Crippen MR) is 80.3 cm³/mol. The molecule has 0 saturated carbocycles. The highest BCUT2D eigenvalue weighted by atomic mass is 35.5. The number of carbonyl (C=O) groups excluding carboxylic acids is 1. The molecule has 1 aromatic rings. The molecule has 1 amide bonds. The fourth-order valence-electron chi connectivity index (χ4n) is 1.83. The van der Waals surface area contributed by atoms with Crippen molar-refractivity contribution < 1.29 is 4.79 Å². The van der Waals surface area contributed by atoms with Gasteiger partial charge in [-0.05, 0) is 24.1 Å². The van der Waals surface area contributed by atoms with E-state index in [9.17, 15) is 4.79 Å². The first-order valence-electron chi connectivity index (χ1n) is 6.81. The maximum Gasteiger partial charge on any atom is 0.222 e. The van der Waals surface area contributed by atoms with Crippen LogP contribution >= 0.6 is 11.6 Å². The number of benzene rings is 1. The van der Waals surface area contributed by atoms with E-state index in [-0.39, 0.29) is 11.8 Å². The minimum atomic E-state index is 0.0400. The van der Waals surface area contributed by atoms with Gasteiger partial charge in [0.05, 0.1) is 0 Å². The number of rotatable bonds is 7. The van der Waals surface area contributed by atoms with Crippen LogP contribution in [0.25, 0.3) is 0 Å². The Morgan fingerprint density at radius 2 is 1.84 bits per heavy atom. The molecule has 1 atom stereocenters. The first-order chi connectivity index (χ1) is 9.04. The molecule has 0 bridgehead atoms. The monoisotopic (exact) mass is 282 g/mol. The molecule has 0 aliphatic heterocycles. The van der Waals surface area contributed by atoms with Gasteiger partial charge in [0, 0.05) is 30.1 Å². The van der Waals surface area contributed by atoms with E-state index in [1.54, 1.807) is 0 Å². The summed E-state index contributed by atoms with van der Waals surface area (Å²) in [5.74, 6) is 0.138. The van der Waals surface area contributed by atoms with Crippen molar-refractivity contribution in [3.05, 3.63) is 34.9 Å². The summed E-state index contributed by atoms with van der Waals surface area (Å²) in [5.41, 5.74) is 1.22. The van der Waals surface area contributed by atoms with Crippen molar-refractivity contribution in [3.63, 3.8) is 0 Å². The van der Waals surface area contributed by atoms with Crippen molar-refractivity contribution in [2.75, 3.05) is 13.1 Å². The van der Waals surface area contributed by atoms with E-state index < -0.39 is 0 Å². The molecule has 0 heterocycles. The summed E-state index contributed by atoms with van der Waals surface area (Å²) >= 11 is 5.88. The zero-order valence-corrected chi connectivity index (χ0v) is 12.6. The second-order valence-electron chi connectivity index (χ2n) is 4.91. The van der Waals surface area contributed by atoms with Crippen molar-refractivity contribution in [1.82, 2.24) is 10.6 Å². The third kappa shape index (κ3) is 5.62. The molecular formula is C15H23ClN2O. The largest absolute Gasteiger partial charge is 0.355 e. The smallest absolute Gasteiger partial charge is 0.222 e. The topological polar surface area (TPSA) is 41.1 Å². The SMILES string of the molecule is CCC(NCCNC(=O)C(C)C)c1ccc(Cl)cc1. The lowest BCUT2D eigenvalue weighted by Gasteiger charge is -2.18. The molecule has 1 unspecified atom stereocenters.